The van der Waals surface area contributed by atoms with Gasteiger partial charge in [-0.15, -0.1) is 0 Å². The van der Waals surface area contributed by atoms with Gasteiger partial charge in [0.25, 0.3) is 0 Å². The van der Waals surface area contributed by atoms with Crippen LogP contribution in [0.1, 0.15) is 59.7 Å². The van der Waals surface area contributed by atoms with Gasteiger partial charge in [-0.3, -0.25) is 0 Å². The van der Waals surface area contributed by atoms with Crippen LogP contribution in [-0.4, -0.2) is 9.55 Å². The van der Waals surface area contributed by atoms with Crippen molar-refractivity contribution < 1.29 is 0 Å². The average Bonchev–Trinajstić information content (AvgIpc) is 3.94. The second-order valence-electron chi connectivity index (χ2n) is 17.4. The van der Waals surface area contributed by atoms with Crippen LogP contribution in [-0.2, 0) is 5.41 Å². The number of allylic oxidation sites excluding steroid dienone is 8. The minimum Gasteiger partial charge on any atom is -0.311 e. The number of hydrogen-bond acceptors (Lipinski definition) is 1. The summed E-state index contributed by atoms with van der Waals surface area (Å²) in [7, 11) is 0. The Morgan fingerprint density at radius 1 is 0.557 bits per heavy atom. The monoisotopic (exact) mass is 778 g/mol. The Hall–Kier alpha value is -7.29. The van der Waals surface area contributed by atoms with E-state index in [1.54, 1.807) is 0 Å². The zero-order valence-electron chi connectivity index (χ0n) is 34.1. The summed E-state index contributed by atoms with van der Waals surface area (Å²) in [4.78, 5) is 5.40. The van der Waals surface area contributed by atoms with E-state index in [0.717, 1.165) is 30.5 Å². The highest BCUT2D eigenvalue weighted by Gasteiger charge is 2.51. The molecule has 0 aliphatic heterocycles. The second kappa shape index (κ2) is 13.1. The molecule has 7 aromatic carbocycles. The van der Waals surface area contributed by atoms with Gasteiger partial charge in [0.2, 0.25) is 0 Å². The summed E-state index contributed by atoms with van der Waals surface area (Å²) in [6.07, 6.45) is 14.7. The first-order valence-corrected chi connectivity index (χ1v) is 21.8. The first kappa shape index (κ1) is 34.6. The summed E-state index contributed by atoms with van der Waals surface area (Å²) in [5, 5.41) is 3.77. The highest BCUT2D eigenvalue weighted by atomic mass is 15.0. The number of rotatable bonds is 4. The SMILES string of the molecule is CC1C=C(c2nc3ccccc3c3c4ccccc4n(C4=CC=C(c5ccc(-c6ccc7c(c6)C6(c8ccccc8-c8ccccc86)c6ccccc6-7)cc5)CC4)c23)C=CC1. The Balaban J connectivity index is 0.900. The maximum atomic E-state index is 5.40. The first-order chi connectivity index (χ1) is 30.2. The topological polar surface area (TPSA) is 17.8 Å². The molecule has 0 saturated carbocycles. The number of nitrogens with zero attached hydrogens (tertiary/aromatic N) is 2. The molecule has 4 aliphatic rings. The van der Waals surface area contributed by atoms with Gasteiger partial charge in [-0.2, -0.15) is 0 Å². The fourth-order valence-corrected chi connectivity index (χ4v) is 11.4. The minimum atomic E-state index is -0.339. The van der Waals surface area contributed by atoms with Crippen molar-refractivity contribution in [1.29, 1.82) is 0 Å². The first-order valence-electron chi connectivity index (χ1n) is 21.8. The fourth-order valence-electron chi connectivity index (χ4n) is 11.4. The van der Waals surface area contributed by atoms with Crippen molar-refractivity contribution in [2.45, 2.75) is 31.6 Å². The van der Waals surface area contributed by atoms with Gasteiger partial charge in [-0.1, -0.05) is 177 Å². The molecule has 1 atom stereocenters. The van der Waals surface area contributed by atoms with Crippen molar-refractivity contribution >= 4 is 49.6 Å². The van der Waals surface area contributed by atoms with Crippen LogP contribution < -0.4 is 0 Å². The summed E-state index contributed by atoms with van der Waals surface area (Å²) in [6.45, 7) is 2.30. The van der Waals surface area contributed by atoms with Gasteiger partial charge in [0.15, 0.2) is 0 Å². The third kappa shape index (κ3) is 4.88. The Morgan fingerprint density at radius 2 is 1.16 bits per heavy atom. The molecule has 0 saturated heterocycles. The molecule has 61 heavy (non-hydrogen) atoms. The second-order valence-corrected chi connectivity index (χ2v) is 17.4. The summed E-state index contributed by atoms with van der Waals surface area (Å²) in [5.41, 5.74) is 22.7. The van der Waals surface area contributed by atoms with Crippen LogP contribution in [0.25, 0.3) is 82.9 Å². The summed E-state index contributed by atoms with van der Waals surface area (Å²) < 4.78 is 2.52. The summed E-state index contributed by atoms with van der Waals surface area (Å²) >= 11 is 0. The fraction of sp³-hybridized carbons (Fsp3) is 0.102. The van der Waals surface area contributed by atoms with Crippen LogP contribution in [0.2, 0.25) is 0 Å². The van der Waals surface area contributed by atoms with E-state index in [9.17, 15) is 0 Å². The van der Waals surface area contributed by atoms with Gasteiger partial charge in [-0.05, 0) is 122 Å². The van der Waals surface area contributed by atoms with Crippen LogP contribution in [0.4, 0.5) is 0 Å². The number of pyridine rings is 1. The van der Waals surface area contributed by atoms with Crippen molar-refractivity contribution in [2.24, 2.45) is 5.92 Å². The van der Waals surface area contributed by atoms with Crippen LogP contribution in [0.3, 0.4) is 0 Å². The molecule has 2 heteroatoms. The molecule has 1 spiro atoms. The molecule has 288 valence electrons. The quantitative estimate of drug-likeness (QED) is 0.174. The molecule has 9 aromatic rings. The molecular formula is C59H42N2. The highest BCUT2D eigenvalue weighted by molar-refractivity contribution is 6.23. The zero-order valence-corrected chi connectivity index (χ0v) is 34.1. The van der Waals surface area contributed by atoms with Gasteiger partial charge in [0.1, 0.15) is 0 Å². The Morgan fingerprint density at radius 3 is 1.85 bits per heavy atom. The van der Waals surface area contributed by atoms with Gasteiger partial charge >= 0.3 is 0 Å². The molecule has 0 fully saturated rings. The van der Waals surface area contributed by atoms with Gasteiger partial charge in [-0.25, -0.2) is 4.98 Å². The number of para-hydroxylation sites is 2. The lowest BCUT2D eigenvalue weighted by Gasteiger charge is -2.30. The van der Waals surface area contributed by atoms with E-state index in [4.69, 9.17) is 4.98 Å². The molecule has 13 rings (SSSR count). The molecule has 2 aromatic heterocycles. The Kier molecular flexibility index (Phi) is 7.42. The Bertz CT molecular complexity index is 3390. The molecule has 1 unspecified atom stereocenters. The summed E-state index contributed by atoms with van der Waals surface area (Å²) in [5.74, 6) is 0.477. The number of fused-ring (bicyclic) bond motifs is 15. The number of aromatic nitrogens is 2. The van der Waals surface area contributed by atoms with Crippen LogP contribution in [0, 0.1) is 5.92 Å². The van der Waals surface area contributed by atoms with E-state index in [0.29, 0.717) is 5.92 Å². The maximum Gasteiger partial charge on any atom is 0.0953 e. The van der Waals surface area contributed by atoms with Gasteiger partial charge in [0, 0.05) is 21.9 Å². The van der Waals surface area contributed by atoms with Crippen molar-refractivity contribution in [3.8, 4) is 33.4 Å². The lowest BCUT2D eigenvalue weighted by molar-refractivity contribution is 0.739. The van der Waals surface area contributed by atoms with Crippen LogP contribution in [0.15, 0.2) is 194 Å². The van der Waals surface area contributed by atoms with Crippen LogP contribution in [0.5, 0.6) is 0 Å². The predicted molar refractivity (Wildman–Crippen MR) is 255 cm³/mol. The van der Waals surface area contributed by atoms with Gasteiger partial charge in [0.05, 0.1) is 27.7 Å². The van der Waals surface area contributed by atoms with E-state index >= 15 is 0 Å². The lowest BCUT2D eigenvalue weighted by atomic mass is 9.70. The van der Waals surface area contributed by atoms with E-state index in [2.05, 4.69) is 206 Å². The molecule has 2 nitrogen and oxygen atoms in total. The number of hydrogen-bond donors (Lipinski definition) is 0. The molecule has 0 amide bonds. The van der Waals surface area contributed by atoms with Crippen molar-refractivity contribution in [2.75, 3.05) is 0 Å². The molecule has 0 N–H and O–H groups in total. The highest BCUT2D eigenvalue weighted by Crippen LogP contribution is 2.63. The van der Waals surface area contributed by atoms with E-state index < -0.39 is 0 Å². The molecular weight excluding hydrogens is 737 g/mol. The summed E-state index contributed by atoms with van der Waals surface area (Å²) in [6, 6.07) is 61.2. The van der Waals surface area contributed by atoms with Crippen molar-refractivity contribution in [1.82, 2.24) is 9.55 Å². The lowest BCUT2D eigenvalue weighted by Crippen LogP contribution is -2.25. The van der Waals surface area contributed by atoms with E-state index in [1.165, 1.54) is 105 Å². The molecule has 2 heterocycles. The molecule has 4 aliphatic carbocycles. The maximum absolute atomic E-state index is 5.40. The van der Waals surface area contributed by atoms with Gasteiger partial charge < -0.3 is 4.57 Å². The standard InChI is InChI=1S/C59H42N2/c1-37-13-12-14-42(35-37)57-58-56(48-18-5-10-23-54(48)60-57)49-19-6-11-24-55(49)61(58)43-32-29-39(30-33-43)38-25-27-40(28-26-38)41-31-34-47-46-17-4-9-22-52(46)59(53(47)36-41)50-20-7-2-15-44(50)45-16-3-8-21-51(45)59/h2-12,14-29,31-32,34-37H,13,30,33H2,1H3. The molecule has 0 bridgehead atoms. The third-order valence-corrected chi connectivity index (χ3v) is 14.0. The third-order valence-electron chi connectivity index (χ3n) is 14.0. The van der Waals surface area contributed by atoms with Crippen molar-refractivity contribution in [3.63, 3.8) is 0 Å². The Labute approximate surface area is 356 Å². The minimum absolute atomic E-state index is 0.339. The molecule has 0 radical (unpaired) electrons. The smallest absolute Gasteiger partial charge is 0.0953 e. The largest absolute Gasteiger partial charge is 0.311 e. The van der Waals surface area contributed by atoms with Crippen molar-refractivity contribution in [3.05, 3.63) is 228 Å². The van der Waals surface area contributed by atoms with E-state index in [1.807, 2.05) is 0 Å². The number of benzene rings is 7. The zero-order chi connectivity index (χ0) is 40.2. The van der Waals surface area contributed by atoms with E-state index in [-0.39, 0.29) is 5.41 Å². The van der Waals surface area contributed by atoms with Crippen LogP contribution >= 0.6 is 0 Å². The average molecular weight is 779 g/mol. The normalized spacial score (nSPS) is 16.9. The predicted octanol–water partition coefficient (Wildman–Crippen LogP) is 15.1.